The van der Waals surface area contributed by atoms with E-state index in [9.17, 15) is 20.0 Å². The maximum absolute atomic E-state index is 12.1. The van der Waals surface area contributed by atoms with E-state index < -0.39 is 21.9 Å². The van der Waals surface area contributed by atoms with Crippen molar-refractivity contribution in [3.63, 3.8) is 0 Å². The number of hydrogen-bond acceptors (Lipinski definition) is 5. The standard InChI is InChI=1S/C12H11N3O4/c16-10-8-2-1-5-13-11(8)14(6-7-3-4-7)12(17)9(10)15(18)19/h1-2,5,7,16H,3-4,6H2. The van der Waals surface area contributed by atoms with Gasteiger partial charge in [-0.1, -0.05) is 0 Å². The molecule has 1 aliphatic rings. The summed E-state index contributed by atoms with van der Waals surface area (Å²) < 4.78 is 1.30. The Hall–Kier alpha value is -2.44. The van der Waals surface area contributed by atoms with Crippen LogP contribution in [0, 0.1) is 16.0 Å². The zero-order chi connectivity index (χ0) is 13.6. The van der Waals surface area contributed by atoms with Crippen molar-refractivity contribution in [2.75, 3.05) is 0 Å². The number of aromatic nitrogens is 2. The van der Waals surface area contributed by atoms with Crippen LogP contribution in [0.4, 0.5) is 5.69 Å². The monoisotopic (exact) mass is 261 g/mol. The van der Waals surface area contributed by atoms with Crippen molar-refractivity contribution >= 4 is 16.7 Å². The predicted molar refractivity (Wildman–Crippen MR) is 67.0 cm³/mol. The molecule has 0 aliphatic heterocycles. The highest BCUT2D eigenvalue weighted by Crippen LogP contribution is 2.34. The van der Waals surface area contributed by atoms with Crippen molar-refractivity contribution in [2.45, 2.75) is 19.4 Å². The van der Waals surface area contributed by atoms with Gasteiger partial charge in [0.1, 0.15) is 5.65 Å². The molecule has 1 aliphatic carbocycles. The lowest BCUT2D eigenvalue weighted by Gasteiger charge is -2.09. The molecule has 1 fully saturated rings. The summed E-state index contributed by atoms with van der Waals surface area (Å²) >= 11 is 0. The number of aromatic hydroxyl groups is 1. The van der Waals surface area contributed by atoms with Gasteiger partial charge in [0.15, 0.2) is 0 Å². The third kappa shape index (κ3) is 1.83. The summed E-state index contributed by atoms with van der Waals surface area (Å²) in [5.74, 6) is -0.239. The molecule has 0 aromatic carbocycles. The van der Waals surface area contributed by atoms with Gasteiger partial charge in [-0.2, -0.15) is 0 Å². The Morgan fingerprint density at radius 2 is 2.26 bits per heavy atom. The van der Waals surface area contributed by atoms with Crippen LogP contribution in [-0.2, 0) is 6.54 Å². The highest BCUT2D eigenvalue weighted by molar-refractivity contribution is 5.85. The Labute approximate surface area is 107 Å². The van der Waals surface area contributed by atoms with Crippen molar-refractivity contribution in [3.05, 3.63) is 38.8 Å². The Bertz CT molecular complexity index is 734. The third-order valence-electron chi connectivity index (χ3n) is 3.29. The fraction of sp³-hybridized carbons (Fsp3) is 0.333. The van der Waals surface area contributed by atoms with E-state index in [1.54, 1.807) is 6.07 Å². The van der Waals surface area contributed by atoms with Crippen LogP contribution in [0.25, 0.3) is 11.0 Å². The molecule has 0 saturated heterocycles. The minimum atomic E-state index is -0.840. The number of rotatable bonds is 3. The highest BCUT2D eigenvalue weighted by atomic mass is 16.6. The largest absolute Gasteiger partial charge is 0.501 e. The molecule has 0 unspecified atom stereocenters. The molecule has 7 nitrogen and oxygen atoms in total. The molecule has 1 saturated carbocycles. The van der Waals surface area contributed by atoms with Crippen LogP contribution in [0.3, 0.4) is 0 Å². The number of fused-ring (bicyclic) bond motifs is 1. The number of nitro groups is 1. The van der Waals surface area contributed by atoms with E-state index in [1.807, 2.05) is 0 Å². The van der Waals surface area contributed by atoms with Crippen molar-refractivity contribution in [3.8, 4) is 5.75 Å². The van der Waals surface area contributed by atoms with Crippen LogP contribution in [0.2, 0.25) is 0 Å². The molecule has 1 N–H and O–H groups in total. The molecule has 98 valence electrons. The molecule has 19 heavy (non-hydrogen) atoms. The zero-order valence-electron chi connectivity index (χ0n) is 9.94. The first-order valence-corrected chi connectivity index (χ1v) is 5.94. The lowest BCUT2D eigenvalue weighted by Crippen LogP contribution is -2.24. The molecule has 2 aromatic heterocycles. The summed E-state index contributed by atoms with van der Waals surface area (Å²) in [5, 5.41) is 21.1. The summed E-state index contributed by atoms with van der Waals surface area (Å²) in [6.45, 7) is 0.410. The second-order valence-electron chi connectivity index (χ2n) is 4.69. The van der Waals surface area contributed by atoms with Gasteiger partial charge in [0.25, 0.3) is 0 Å². The van der Waals surface area contributed by atoms with E-state index in [0.29, 0.717) is 18.1 Å². The summed E-state index contributed by atoms with van der Waals surface area (Å²) in [4.78, 5) is 26.3. The predicted octanol–water partition coefficient (Wildman–Crippen LogP) is 1.42. The summed E-state index contributed by atoms with van der Waals surface area (Å²) in [5.41, 5.74) is -1.27. The Morgan fingerprint density at radius 3 is 2.89 bits per heavy atom. The molecule has 2 aromatic rings. The molecular formula is C12H11N3O4. The maximum atomic E-state index is 12.1. The first-order chi connectivity index (χ1) is 9.09. The fourth-order valence-electron chi connectivity index (χ4n) is 2.14. The lowest BCUT2D eigenvalue weighted by molar-refractivity contribution is -0.387. The quantitative estimate of drug-likeness (QED) is 0.665. The Balaban J connectivity index is 2.37. The molecule has 0 spiro atoms. The second kappa shape index (κ2) is 4.04. The van der Waals surface area contributed by atoms with Crippen molar-refractivity contribution in [1.82, 2.24) is 9.55 Å². The molecule has 7 heteroatoms. The summed E-state index contributed by atoms with van der Waals surface area (Å²) in [7, 11) is 0. The van der Waals surface area contributed by atoms with Gasteiger partial charge < -0.3 is 5.11 Å². The Morgan fingerprint density at radius 1 is 1.53 bits per heavy atom. The van der Waals surface area contributed by atoms with Gasteiger partial charge >= 0.3 is 11.2 Å². The van der Waals surface area contributed by atoms with Crippen molar-refractivity contribution < 1.29 is 10.0 Å². The van der Waals surface area contributed by atoms with Gasteiger partial charge in [0.05, 0.1) is 10.3 Å². The lowest BCUT2D eigenvalue weighted by atomic mass is 10.2. The molecule has 3 rings (SSSR count). The van der Waals surface area contributed by atoms with Gasteiger partial charge in [0, 0.05) is 12.7 Å². The van der Waals surface area contributed by atoms with Crippen molar-refractivity contribution in [1.29, 1.82) is 0 Å². The third-order valence-corrected chi connectivity index (χ3v) is 3.29. The Kier molecular flexibility index (Phi) is 2.48. The number of pyridine rings is 2. The van der Waals surface area contributed by atoms with Gasteiger partial charge in [-0.3, -0.25) is 19.5 Å². The average molecular weight is 261 g/mol. The number of nitrogens with zero attached hydrogens (tertiary/aromatic N) is 3. The van der Waals surface area contributed by atoms with Crippen LogP contribution < -0.4 is 5.56 Å². The minimum absolute atomic E-state index is 0.231. The first kappa shape index (κ1) is 11.6. The zero-order valence-corrected chi connectivity index (χ0v) is 9.94. The first-order valence-electron chi connectivity index (χ1n) is 5.94. The van der Waals surface area contributed by atoms with Crippen LogP contribution in [0.1, 0.15) is 12.8 Å². The maximum Gasteiger partial charge on any atom is 0.376 e. The molecule has 0 amide bonds. The molecule has 0 radical (unpaired) electrons. The number of hydrogen-bond donors (Lipinski definition) is 1. The molecular weight excluding hydrogens is 250 g/mol. The van der Waals surface area contributed by atoms with E-state index in [4.69, 9.17) is 0 Å². The van der Waals surface area contributed by atoms with Gasteiger partial charge in [-0.05, 0) is 30.9 Å². The van der Waals surface area contributed by atoms with E-state index in [0.717, 1.165) is 12.8 Å². The van der Waals surface area contributed by atoms with E-state index in [1.165, 1.54) is 16.8 Å². The normalized spacial score (nSPS) is 14.7. The summed E-state index contributed by atoms with van der Waals surface area (Å²) in [6.07, 6.45) is 3.52. The van der Waals surface area contributed by atoms with Gasteiger partial charge in [0.2, 0.25) is 5.75 Å². The molecule has 2 heterocycles. The van der Waals surface area contributed by atoms with E-state index in [2.05, 4.69) is 4.98 Å². The minimum Gasteiger partial charge on any atom is -0.501 e. The van der Waals surface area contributed by atoms with E-state index >= 15 is 0 Å². The van der Waals surface area contributed by atoms with E-state index in [-0.39, 0.29) is 5.39 Å². The highest BCUT2D eigenvalue weighted by Gasteiger charge is 2.29. The smallest absolute Gasteiger partial charge is 0.376 e. The molecule has 0 bridgehead atoms. The topological polar surface area (TPSA) is 98.3 Å². The molecule has 0 atom stereocenters. The average Bonchev–Trinajstić information content (AvgIpc) is 3.18. The SMILES string of the molecule is O=c1c([N+](=O)[O-])c(O)c2cccnc2n1CC1CC1. The fourth-order valence-corrected chi connectivity index (χ4v) is 2.14. The second-order valence-corrected chi connectivity index (χ2v) is 4.69. The van der Waals surface area contributed by atoms with Gasteiger partial charge in [-0.15, -0.1) is 0 Å². The van der Waals surface area contributed by atoms with Crippen molar-refractivity contribution in [2.24, 2.45) is 5.92 Å². The van der Waals surface area contributed by atoms with Crippen LogP contribution in [-0.4, -0.2) is 19.6 Å². The summed E-state index contributed by atoms with van der Waals surface area (Å²) in [6, 6.07) is 3.09. The van der Waals surface area contributed by atoms with Crippen LogP contribution >= 0.6 is 0 Å². The van der Waals surface area contributed by atoms with Crippen LogP contribution in [0.5, 0.6) is 5.75 Å². The van der Waals surface area contributed by atoms with Crippen LogP contribution in [0.15, 0.2) is 23.1 Å². The van der Waals surface area contributed by atoms with Gasteiger partial charge in [-0.25, -0.2) is 4.98 Å².